The molecule has 1 saturated carbocycles. The predicted octanol–water partition coefficient (Wildman–Crippen LogP) is 10.4. The van der Waals surface area contributed by atoms with Crippen LogP contribution in [0.1, 0.15) is 49.1 Å². The summed E-state index contributed by atoms with van der Waals surface area (Å²) in [5.41, 5.74) is 6.81. The van der Waals surface area contributed by atoms with Crippen molar-refractivity contribution < 1.29 is 20.1 Å². The first kappa shape index (κ1) is 31.5. The zero-order chi connectivity index (χ0) is 29.1. The van der Waals surface area contributed by atoms with Crippen LogP contribution in [0.5, 0.6) is 0 Å². The molecule has 1 fully saturated rings. The summed E-state index contributed by atoms with van der Waals surface area (Å²) in [7, 11) is -1.31. The van der Waals surface area contributed by atoms with Crippen molar-refractivity contribution in [3.63, 3.8) is 0 Å². The number of hydrogen-bond donors (Lipinski definition) is 0. The Balaban J connectivity index is 0.000000221. The van der Waals surface area contributed by atoms with Crippen molar-refractivity contribution in [1.82, 2.24) is 9.97 Å². The van der Waals surface area contributed by atoms with E-state index in [0.717, 1.165) is 22.5 Å². The normalized spacial score (nSPS) is 13.8. The number of hydrogen-bond acceptors (Lipinski definition) is 3. The third-order valence-electron chi connectivity index (χ3n) is 8.31. The summed E-state index contributed by atoms with van der Waals surface area (Å²) in [6, 6.07) is 34.5. The first-order valence-electron chi connectivity index (χ1n) is 15.1. The Morgan fingerprint density at radius 3 is 2.23 bits per heavy atom. The van der Waals surface area contributed by atoms with Gasteiger partial charge >= 0.3 is 0 Å². The van der Waals surface area contributed by atoms with E-state index in [2.05, 4.69) is 91.5 Å². The molecule has 3 aromatic carbocycles. The van der Waals surface area contributed by atoms with Crippen LogP contribution in [-0.2, 0) is 20.1 Å². The van der Waals surface area contributed by atoms with Crippen molar-refractivity contribution >= 4 is 44.8 Å². The third-order valence-corrected chi connectivity index (χ3v) is 11.5. The van der Waals surface area contributed by atoms with E-state index in [-0.39, 0.29) is 20.1 Å². The van der Waals surface area contributed by atoms with Gasteiger partial charge in [-0.15, -0.1) is 59.7 Å². The number of benzene rings is 3. The summed E-state index contributed by atoms with van der Waals surface area (Å²) in [6.07, 6.45) is 10.7. The molecule has 5 heteroatoms. The van der Waals surface area contributed by atoms with Gasteiger partial charge in [0.25, 0.3) is 0 Å². The van der Waals surface area contributed by atoms with Gasteiger partial charge in [-0.25, -0.2) is 0 Å². The number of aromatic nitrogens is 2. The second-order valence-electron chi connectivity index (χ2n) is 12.5. The van der Waals surface area contributed by atoms with Gasteiger partial charge in [0.1, 0.15) is 0 Å². The van der Waals surface area contributed by atoms with Crippen molar-refractivity contribution in [1.29, 1.82) is 0 Å². The average Bonchev–Trinajstić information content (AvgIpc) is 3.41. The quantitative estimate of drug-likeness (QED) is 0.132. The Labute approximate surface area is 275 Å². The molecule has 0 saturated heterocycles. The number of thiophene rings is 1. The Bertz CT molecular complexity index is 1780. The van der Waals surface area contributed by atoms with Crippen LogP contribution in [0.4, 0.5) is 0 Å². The number of fused-ring (bicyclic) bond motifs is 3. The average molecular weight is 775 g/mol. The molecule has 0 spiro atoms. The van der Waals surface area contributed by atoms with Crippen molar-refractivity contribution in [3.05, 3.63) is 115 Å². The minimum absolute atomic E-state index is 0. The second kappa shape index (κ2) is 13.8. The standard InChI is InChI=1S/C26H28NSSi.C12H10N.Ir/c1-29(2,3)20-13-14-21-22-10-7-11-23(26(22)28-25(21)16-20)24-15-12-19(17-27-24)18-8-5-4-6-9-18;1-10-7-8-12(13-9-10)11-5-3-2-4-6-11;/h7,10,12-18H,4-6,8-9H2,1-3H3;2-5,7-9H,1H3;/q2*-1;. The Kier molecular flexibility index (Phi) is 10.1. The van der Waals surface area contributed by atoms with E-state index in [9.17, 15) is 0 Å². The van der Waals surface area contributed by atoms with Crippen LogP contribution in [0.25, 0.3) is 42.7 Å². The Morgan fingerprint density at radius 2 is 1.56 bits per heavy atom. The maximum Gasteiger partial charge on any atom is 0.0776 e. The Hall–Kier alpha value is -2.95. The predicted molar refractivity (Wildman–Crippen MR) is 183 cm³/mol. The fourth-order valence-corrected chi connectivity index (χ4v) is 8.32. The number of rotatable bonds is 4. The molecule has 1 aliphatic carbocycles. The van der Waals surface area contributed by atoms with E-state index in [0.29, 0.717) is 5.92 Å². The van der Waals surface area contributed by atoms with Crippen molar-refractivity contribution in [2.24, 2.45) is 0 Å². The molecule has 2 nitrogen and oxygen atoms in total. The summed E-state index contributed by atoms with van der Waals surface area (Å²) in [5, 5.41) is 4.22. The van der Waals surface area contributed by atoms with Gasteiger partial charge in [0.05, 0.1) is 8.07 Å². The van der Waals surface area contributed by atoms with E-state index < -0.39 is 8.07 Å². The monoisotopic (exact) mass is 775 g/mol. The van der Waals surface area contributed by atoms with Gasteiger partial charge < -0.3 is 9.97 Å². The van der Waals surface area contributed by atoms with Crippen molar-refractivity contribution in [3.8, 4) is 22.5 Å². The molecular weight excluding hydrogens is 737 g/mol. The molecule has 3 aromatic heterocycles. The number of nitrogens with zero attached hydrogens (tertiary/aromatic N) is 2. The maximum atomic E-state index is 4.88. The molecule has 0 atom stereocenters. The first-order valence-corrected chi connectivity index (χ1v) is 19.4. The number of pyridine rings is 2. The largest absolute Gasteiger partial charge is 0.304 e. The summed E-state index contributed by atoms with van der Waals surface area (Å²) >= 11 is 1.90. The van der Waals surface area contributed by atoms with Gasteiger partial charge in [0.2, 0.25) is 0 Å². The zero-order valence-corrected chi connectivity index (χ0v) is 29.6. The minimum atomic E-state index is -1.31. The fourth-order valence-electron chi connectivity index (χ4n) is 5.81. The summed E-state index contributed by atoms with van der Waals surface area (Å²) in [4.78, 5) is 9.20. The molecule has 0 unspecified atom stereocenters. The Morgan fingerprint density at radius 1 is 0.767 bits per heavy atom. The molecule has 0 amide bonds. The van der Waals surface area contributed by atoms with Crippen molar-refractivity contribution in [2.45, 2.75) is 64.6 Å². The molecule has 43 heavy (non-hydrogen) atoms. The van der Waals surface area contributed by atoms with E-state index in [1.807, 2.05) is 54.8 Å². The van der Waals surface area contributed by atoms with Gasteiger partial charge in [-0.1, -0.05) is 85.9 Å². The molecule has 0 bridgehead atoms. The second-order valence-corrected chi connectivity index (χ2v) is 18.6. The van der Waals surface area contributed by atoms with Gasteiger partial charge in [-0.05, 0) is 64.4 Å². The first-order chi connectivity index (χ1) is 20.4. The van der Waals surface area contributed by atoms with Crippen LogP contribution in [-0.4, -0.2) is 18.0 Å². The van der Waals surface area contributed by atoms with Gasteiger partial charge in [-0.3, -0.25) is 0 Å². The fraction of sp³-hybridized carbons (Fsp3) is 0.263. The SMILES string of the molecule is C[Si](C)(C)c1ccc2c(c1)sc1c(-c3ccc(C4CCCCC4)cn3)[c-]ccc12.Cc1ccc(-c2[c-]cccc2)nc1.[Ir]. The van der Waals surface area contributed by atoms with Crippen molar-refractivity contribution in [2.75, 3.05) is 0 Å². The summed E-state index contributed by atoms with van der Waals surface area (Å²) in [6.45, 7) is 9.28. The van der Waals surface area contributed by atoms with E-state index in [4.69, 9.17) is 4.98 Å². The van der Waals surface area contributed by atoms with Crippen LogP contribution >= 0.6 is 11.3 Å². The van der Waals surface area contributed by atoms with Crippen LogP contribution in [0.15, 0.2) is 91.3 Å². The molecule has 3 heterocycles. The minimum Gasteiger partial charge on any atom is -0.304 e. The van der Waals surface area contributed by atoms with E-state index in [1.54, 1.807) is 0 Å². The molecule has 221 valence electrons. The zero-order valence-electron chi connectivity index (χ0n) is 25.4. The molecule has 0 aliphatic heterocycles. The topological polar surface area (TPSA) is 25.8 Å². The summed E-state index contributed by atoms with van der Waals surface area (Å²) in [5.74, 6) is 0.703. The third kappa shape index (κ3) is 7.24. The smallest absolute Gasteiger partial charge is 0.0776 e. The molecule has 6 aromatic rings. The van der Waals surface area contributed by atoms with Crippen LogP contribution < -0.4 is 5.19 Å². The van der Waals surface area contributed by atoms with Crippen LogP contribution in [0.3, 0.4) is 0 Å². The van der Waals surface area contributed by atoms with Crippen LogP contribution in [0.2, 0.25) is 19.6 Å². The van der Waals surface area contributed by atoms with Crippen LogP contribution in [0, 0.1) is 19.1 Å². The molecule has 1 aliphatic rings. The maximum absolute atomic E-state index is 4.88. The molecule has 1 radical (unpaired) electrons. The molecule has 0 N–H and O–H groups in total. The van der Waals surface area contributed by atoms with Gasteiger partial charge in [0.15, 0.2) is 0 Å². The van der Waals surface area contributed by atoms with E-state index >= 15 is 0 Å². The number of aryl methyl sites for hydroxylation is 1. The van der Waals surface area contributed by atoms with Gasteiger partial charge in [0, 0.05) is 37.2 Å². The van der Waals surface area contributed by atoms with E-state index in [1.165, 1.54) is 68.6 Å². The molecule has 7 rings (SSSR count). The van der Waals surface area contributed by atoms with Gasteiger partial charge in [-0.2, -0.15) is 11.3 Å². The molecular formula is C38H38IrN2SSi-2. The summed E-state index contributed by atoms with van der Waals surface area (Å²) < 4.78 is 2.70.